The van der Waals surface area contributed by atoms with E-state index in [-0.39, 0.29) is 17.7 Å². The van der Waals surface area contributed by atoms with Gasteiger partial charge >= 0.3 is 6.03 Å². The fourth-order valence-electron chi connectivity index (χ4n) is 2.73. The van der Waals surface area contributed by atoms with Gasteiger partial charge in [0, 0.05) is 29.9 Å². The maximum absolute atomic E-state index is 12.3. The van der Waals surface area contributed by atoms with Crippen LogP contribution in [0.2, 0.25) is 0 Å². The monoisotopic (exact) mass is 321 g/mol. The van der Waals surface area contributed by atoms with E-state index in [9.17, 15) is 9.59 Å². The van der Waals surface area contributed by atoms with Crippen molar-refractivity contribution in [2.75, 3.05) is 23.3 Å². The SMILES string of the molecule is O=C(Nc1ccc(N2CCNC2=O)cc1)c1cc2ccccc2o1. The first-order valence-electron chi connectivity index (χ1n) is 7.66. The second-order valence-corrected chi connectivity index (χ2v) is 5.53. The molecule has 4 rings (SSSR count). The fourth-order valence-corrected chi connectivity index (χ4v) is 2.73. The summed E-state index contributed by atoms with van der Waals surface area (Å²) in [4.78, 5) is 25.6. The zero-order chi connectivity index (χ0) is 16.5. The summed E-state index contributed by atoms with van der Waals surface area (Å²) < 4.78 is 5.55. The second kappa shape index (κ2) is 5.73. The molecule has 0 aliphatic carbocycles. The minimum absolute atomic E-state index is 0.103. The normalized spacial score (nSPS) is 14.0. The Hall–Kier alpha value is -3.28. The maximum atomic E-state index is 12.3. The smallest absolute Gasteiger partial charge is 0.321 e. The molecule has 3 aromatic rings. The zero-order valence-electron chi connectivity index (χ0n) is 12.8. The van der Waals surface area contributed by atoms with Crippen LogP contribution in [-0.4, -0.2) is 25.0 Å². The molecule has 1 aliphatic heterocycles. The van der Waals surface area contributed by atoms with Gasteiger partial charge in [0.2, 0.25) is 0 Å². The maximum Gasteiger partial charge on any atom is 0.321 e. The van der Waals surface area contributed by atoms with Crippen molar-refractivity contribution >= 4 is 34.3 Å². The van der Waals surface area contributed by atoms with Crippen molar-refractivity contribution in [3.63, 3.8) is 0 Å². The molecule has 6 nitrogen and oxygen atoms in total. The molecule has 6 heteroatoms. The lowest BCUT2D eigenvalue weighted by Gasteiger charge is -2.14. The molecule has 0 unspecified atom stereocenters. The Balaban J connectivity index is 1.50. The van der Waals surface area contributed by atoms with Gasteiger partial charge in [0.05, 0.1) is 0 Å². The number of rotatable bonds is 3. The summed E-state index contributed by atoms with van der Waals surface area (Å²) in [6.45, 7) is 1.28. The van der Waals surface area contributed by atoms with Gasteiger partial charge in [-0.3, -0.25) is 9.69 Å². The predicted molar refractivity (Wildman–Crippen MR) is 91.4 cm³/mol. The Morgan fingerprint density at radius 3 is 2.62 bits per heavy atom. The zero-order valence-corrected chi connectivity index (χ0v) is 12.8. The van der Waals surface area contributed by atoms with Crippen molar-refractivity contribution in [1.29, 1.82) is 0 Å². The van der Waals surface area contributed by atoms with E-state index in [1.54, 1.807) is 35.2 Å². The van der Waals surface area contributed by atoms with Gasteiger partial charge in [-0.2, -0.15) is 0 Å². The number of furan rings is 1. The molecule has 120 valence electrons. The molecule has 24 heavy (non-hydrogen) atoms. The summed E-state index contributed by atoms with van der Waals surface area (Å²) in [7, 11) is 0. The van der Waals surface area contributed by atoms with Gasteiger partial charge in [-0.15, -0.1) is 0 Å². The van der Waals surface area contributed by atoms with Gasteiger partial charge in [0.15, 0.2) is 5.76 Å². The molecular weight excluding hydrogens is 306 g/mol. The highest BCUT2D eigenvalue weighted by atomic mass is 16.3. The molecule has 1 aliphatic rings. The summed E-state index contributed by atoms with van der Waals surface area (Å²) in [6, 6.07) is 16.2. The molecular formula is C18H15N3O3. The predicted octanol–water partition coefficient (Wildman–Crippen LogP) is 3.21. The number of carbonyl (C=O) groups is 2. The van der Waals surface area contributed by atoms with E-state index in [0.29, 0.717) is 24.4 Å². The third kappa shape index (κ3) is 2.58. The Morgan fingerprint density at radius 2 is 1.92 bits per heavy atom. The first-order valence-corrected chi connectivity index (χ1v) is 7.66. The van der Waals surface area contributed by atoms with Crippen molar-refractivity contribution in [1.82, 2.24) is 5.32 Å². The molecule has 0 bridgehead atoms. The molecule has 2 heterocycles. The standard InChI is InChI=1S/C18H15N3O3/c22-17(16-11-12-3-1-2-4-15(12)24-16)20-13-5-7-14(8-6-13)21-10-9-19-18(21)23/h1-8,11H,9-10H2,(H,19,23)(H,20,22). The van der Waals surface area contributed by atoms with Crippen LogP contribution in [0.25, 0.3) is 11.0 Å². The van der Waals surface area contributed by atoms with Gasteiger partial charge in [-0.25, -0.2) is 4.79 Å². The molecule has 3 amide bonds. The van der Waals surface area contributed by atoms with E-state index in [0.717, 1.165) is 11.1 Å². The van der Waals surface area contributed by atoms with Crippen molar-refractivity contribution in [2.45, 2.75) is 0 Å². The number of hydrogen-bond donors (Lipinski definition) is 2. The van der Waals surface area contributed by atoms with Crippen molar-refractivity contribution in [3.8, 4) is 0 Å². The number of anilines is 2. The Morgan fingerprint density at radius 1 is 1.12 bits per heavy atom. The van der Waals surface area contributed by atoms with Crippen LogP contribution in [0.3, 0.4) is 0 Å². The van der Waals surface area contributed by atoms with Crippen molar-refractivity contribution in [2.24, 2.45) is 0 Å². The number of benzene rings is 2. The molecule has 1 aromatic heterocycles. The average molecular weight is 321 g/mol. The van der Waals surface area contributed by atoms with Gasteiger partial charge in [0.1, 0.15) is 5.58 Å². The van der Waals surface area contributed by atoms with Crippen molar-refractivity contribution < 1.29 is 14.0 Å². The van der Waals surface area contributed by atoms with Crippen molar-refractivity contribution in [3.05, 3.63) is 60.4 Å². The highest BCUT2D eigenvalue weighted by molar-refractivity contribution is 6.04. The minimum atomic E-state index is -0.308. The van der Waals surface area contributed by atoms with Crippen LogP contribution < -0.4 is 15.5 Å². The van der Waals surface area contributed by atoms with E-state index in [1.807, 2.05) is 24.3 Å². The number of fused-ring (bicyclic) bond motifs is 1. The Labute approximate surface area is 138 Å². The average Bonchev–Trinajstić information content (AvgIpc) is 3.21. The number of urea groups is 1. The van der Waals surface area contributed by atoms with Gasteiger partial charge < -0.3 is 15.1 Å². The summed E-state index contributed by atoms with van der Waals surface area (Å²) in [5.74, 6) is -0.0444. The number of para-hydroxylation sites is 1. The quantitative estimate of drug-likeness (QED) is 0.778. The third-order valence-corrected chi connectivity index (χ3v) is 3.94. The van der Waals surface area contributed by atoms with Crippen LogP contribution in [0.4, 0.5) is 16.2 Å². The lowest BCUT2D eigenvalue weighted by atomic mass is 10.2. The van der Waals surface area contributed by atoms with E-state index in [1.165, 1.54) is 0 Å². The van der Waals surface area contributed by atoms with E-state index < -0.39 is 0 Å². The molecule has 0 spiro atoms. The summed E-state index contributed by atoms with van der Waals surface area (Å²) >= 11 is 0. The fraction of sp³-hybridized carbons (Fsp3) is 0.111. The highest BCUT2D eigenvalue weighted by Crippen LogP contribution is 2.22. The Kier molecular flexibility index (Phi) is 3.42. The van der Waals surface area contributed by atoms with Crippen LogP contribution in [0.1, 0.15) is 10.6 Å². The number of nitrogens with zero attached hydrogens (tertiary/aromatic N) is 1. The van der Waals surface area contributed by atoms with E-state index in [2.05, 4.69) is 10.6 Å². The largest absolute Gasteiger partial charge is 0.451 e. The first-order chi connectivity index (χ1) is 11.7. The van der Waals surface area contributed by atoms with E-state index >= 15 is 0 Å². The minimum Gasteiger partial charge on any atom is -0.451 e. The summed E-state index contributed by atoms with van der Waals surface area (Å²) in [6.07, 6.45) is 0. The second-order valence-electron chi connectivity index (χ2n) is 5.53. The van der Waals surface area contributed by atoms with Crippen LogP contribution in [0.15, 0.2) is 59.0 Å². The van der Waals surface area contributed by atoms with Crippen LogP contribution in [0, 0.1) is 0 Å². The molecule has 1 fully saturated rings. The highest BCUT2D eigenvalue weighted by Gasteiger charge is 2.21. The topological polar surface area (TPSA) is 74.6 Å². The van der Waals surface area contributed by atoms with Gasteiger partial charge in [-0.05, 0) is 36.4 Å². The number of amides is 3. The molecule has 2 N–H and O–H groups in total. The Bertz CT molecular complexity index is 882. The molecule has 2 aromatic carbocycles. The van der Waals surface area contributed by atoms with Crippen LogP contribution in [-0.2, 0) is 0 Å². The van der Waals surface area contributed by atoms with Crippen LogP contribution >= 0.6 is 0 Å². The van der Waals surface area contributed by atoms with Gasteiger partial charge in [-0.1, -0.05) is 18.2 Å². The lowest BCUT2D eigenvalue weighted by Crippen LogP contribution is -2.27. The lowest BCUT2D eigenvalue weighted by molar-refractivity contribution is 0.0998. The van der Waals surface area contributed by atoms with E-state index in [4.69, 9.17) is 4.42 Å². The molecule has 1 saturated heterocycles. The molecule has 0 radical (unpaired) electrons. The number of carbonyl (C=O) groups excluding carboxylic acids is 2. The van der Waals surface area contributed by atoms with Crippen LogP contribution in [0.5, 0.6) is 0 Å². The first kappa shape index (κ1) is 14.3. The molecule has 0 atom stereocenters. The number of hydrogen-bond acceptors (Lipinski definition) is 3. The summed E-state index contributed by atoms with van der Waals surface area (Å²) in [5, 5.41) is 6.44. The molecule has 0 saturated carbocycles. The van der Waals surface area contributed by atoms with Gasteiger partial charge in [0.25, 0.3) is 5.91 Å². The summed E-state index contributed by atoms with van der Waals surface area (Å²) in [5.41, 5.74) is 2.12. The number of nitrogens with one attached hydrogen (secondary N) is 2. The third-order valence-electron chi connectivity index (χ3n) is 3.94.